The molecule has 1 unspecified atom stereocenters. The van der Waals surface area contributed by atoms with Gasteiger partial charge in [-0.25, -0.2) is 0 Å². The summed E-state index contributed by atoms with van der Waals surface area (Å²) in [6, 6.07) is 12.0. The summed E-state index contributed by atoms with van der Waals surface area (Å²) >= 11 is 0. The van der Waals surface area contributed by atoms with E-state index in [9.17, 15) is 5.11 Å². The van der Waals surface area contributed by atoms with Gasteiger partial charge in [-0.05, 0) is 55.4 Å². The van der Waals surface area contributed by atoms with Crippen molar-refractivity contribution in [3.8, 4) is 17.0 Å². The number of benzene rings is 1. The Morgan fingerprint density at radius 1 is 1.00 bits per heavy atom. The first-order valence-electron chi connectivity index (χ1n) is 9.82. The van der Waals surface area contributed by atoms with Crippen LogP contribution in [0.25, 0.3) is 22.2 Å². The fourth-order valence-corrected chi connectivity index (χ4v) is 4.95. The highest BCUT2D eigenvalue weighted by Crippen LogP contribution is 2.43. The summed E-state index contributed by atoms with van der Waals surface area (Å²) < 4.78 is 0. The summed E-state index contributed by atoms with van der Waals surface area (Å²) in [5.41, 5.74) is 2.14. The van der Waals surface area contributed by atoms with Crippen molar-refractivity contribution in [1.82, 2.24) is 15.2 Å². The van der Waals surface area contributed by atoms with E-state index in [1.54, 1.807) is 12.3 Å². The number of phenols is 1. The molecule has 1 N–H and O–H groups in total. The Labute approximate surface area is 159 Å². The van der Waals surface area contributed by atoms with Crippen LogP contribution in [0.4, 0.5) is 5.82 Å². The molecule has 2 bridgehead atoms. The van der Waals surface area contributed by atoms with Gasteiger partial charge in [-0.3, -0.25) is 4.98 Å². The fraction of sp³-hybridized carbons (Fsp3) is 0.409. The van der Waals surface area contributed by atoms with Crippen molar-refractivity contribution in [2.45, 2.75) is 38.1 Å². The zero-order valence-electron chi connectivity index (χ0n) is 15.5. The predicted molar refractivity (Wildman–Crippen MR) is 107 cm³/mol. The first-order chi connectivity index (χ1) is 13.2. The molecule has 0 amide bonds. The quantitative estimate of drug-likeness (QED) is 0.749. The molecule has 5 rings (SSSR count). The second-order valence-corrected chi connectivity index (χ2v) is 8.12. The largest absolute Gasteiger partial charge is 0.507 e. The monoisotopic (exact) mass is 360 g/mol. The predicted octanol–water partition coefficient (Wildman–Crippen LogP) is 4.41. The maximum absolute atomic E-state index is 10.4. The number of aromatic nitrogens is 3. The Kier molecular flexibility index (Phi) is 3.96. The Balaban J connectivity index is 1.41. The maximum Gasteiger partial charge on any atom is 0.151 e. The van der Waals surface area contributed by atoms with Crippen LogP contribution < -0.4 is 4.90 Å². The molecule has 3 aromatic rings. The minimum atomic E-state index is 0.181. The molecule has 27 heavy (non-hydrogen) atoms. The third kappa shape index (κ3) is 3.01. The summed E-state index contributed by atoms with van der Waals surface area (Å²) in [7, 11) is 2.14. The number of nitrogens with zero attached hydrogens (tertiary/aromatic N) is 4. The lowest BCUT2D eigenvalue weighted by Crippen LogP contribution is -2.37. The minimum absolute atomic E-state index is 0.181. The number of fused-ring (bicyclic) bond motifs is 3. The molecule has 2 heterocycles. The smallest absolute Gasteiger partial charge is 0.151 e. The van der Waals surface area contributed by atoms with Gasteiger partial charge in [-0.1, -0.05) is 18.9 Å². The second kappa shape index (κ2) is 6.48. The minimum Gasteiger partial charge on any atom is -0.507 e. The average molecular weight is 360 g/mol. The molecule has 1 aromatic carbocycles. The van der Waals surface area contributed by atoms with Gasteiger partial charge < -0.3 is 10.0 Å². The van der Waals surface area contributed by atoms with E-state index in [1.165, 1.54) is 32.1 Å². The Hall–Kier alpha value is -2.69. The van der Waals surface area contributed by atoms with Crippen molar-refractivity contribution in [2.24, 2.45) is 11.8 Å². The SMILES string of the molecule is CN(c1ccc(-c2cc3cccnc3cc2O)nn1)C1C[C@H]2CC[C@@H](C1)C2. The highest BCUT2D eigenvalue weighted by atomic mass is 16.3. The molecule has 5 heteroatoms. The first-order valence-corrected chi connectivity index (χ1v) is 9.82. The lowest BCUT2D eigenvalue weighted by Gasteiger charge is -2.35. The number of rotatable bonds is 3. The van der Waals surface area contributed by atoms with Gasteiger partial charge in [0.15, 0.2) is 5.82 Å². The highest BCUT2D eigenvalue weighted by Gasteiger charge is 2.36. The molecule has 0 saturated heterocycles. The molecule has 2 aliphatic carbocycles. The standard InChI is InChI=1S/C22H24N4O/c1-26(17-10-14-4-5-15(9-14)11-17)22-7-6-19(24-25-22)18-12-16-3-2-8-23-20(16)13-21(18)27/h2-3,6-8,12-15,17,27H,4-5,9-11H2,1H3/t14-,15+,17?. The molecule has 0 spiro atoms. The van der Waals surface area contributed by atoms with Crippen molar-refractivity contribution >= 4 is 16.7 Å². The third-order valence-electron chi connectivity index (χ3n) is 6.42. The van der Waals surface area contributed by atoms with E-state index in [4.69, 9.17) is 0 Å². The van der Waals surface area contributed by atoms with E-state index in [2.05, 4.69) is 27.1 Å². The zero-order chi connectivity index (χ0) is 18.4. The maximum atomic E-state index is 10.4. The fourth-order valence-electron chi connectivity index (χ4n) is 4.95. The molecule has 3 atom stereocenters. The summed E-state index contributed by atoms with van der Waals surface area (Å²) in [6.07, 6.45) is 8.49. The lowest BCUT2D eigenvalue weighted by molar-refractivity contribution is 0.312. The molecule has 0 radical (unpaired) electrons. The Morgan fingerprint density at radius 2 is 1.81 bits per heavy atom. The normalized spacial score (nSPS) is 24.3. The number of anilines is 1. The Bertz CT molecular complexity index is 960. The van der Waals surface area contributed by atoms with E-state index in [1.807, 2.05) is 30.3 Å². The number of hydrogen-bond donors (Lipinski definition) is 1. The molecule has 2 saturated carbocycles. The molecule has 0 aliphatic heterocycles. The molecule has 2 aliphatic rings. The van der Waals surface area contributed by atoms with Gasteiger partial charge >= 0.3 is 0 Å². The van der Waals surface area contributed by atoms with E-state index in [0.717, 1.165) is 28.6 Å². The number of hydrogen-bond acceptors (Lipinski definition) is 5. The summed E-state index contributed by atoms with van der Waals surface area (Å²) in [5, 5.41) is 20.3. The van der Waals surface area contributed by atoms with Gasteiger partial charge in [0, 0.05) is 36.3 Å². The van der Waals surface area contributed by atoms with Crippen LogP contribution in [0.3, 0.4) is 0 Å². The summed E-state index contributed by atoms with van der Waals surface area (Å²) in [5.74, 6) is 2.88. The molecule has 5 nitrogen and oxygen atoms in total. The van der Waals surface area contributed by atoms with Crippen molar-refractivity contribution in [2.75, 3.05) is 11.9 Å². The van der Waals surface area contributed by atoms with E-state index in [0.29, 0.717) is 17.3 Å². The van der Waals surface area contributed by atoms with Gasteiger partial charge in [0.2, 0.25) is 0 Å². The van der Waals surface area contributed by atoms with Crippen LogP contribution in [0, 0.1) is 11.8 Å². The lowest BCUT2D eigenvalue weighted by atomic mass is 9.85. The molecule has 2 fully saturated rings. The van der Waals surface area contributed by atoms with Gasteiger partial charge in [-0.15, -0.1) is 10.2 Å². The number of phenolic OH excluding ortho intramolecular Hbond substituents is 1. The van der Waals surface area contributed by atoms with Crippen LogP contribution in [-0.4, -0.2) is 33.4 Å². The average Bonchev–Trinajstić information content (AvgIpc) is 3.04. The van der Waals surface area contributed by atoms with Crippen molar-refractivity contribution in [3.05, 3.63) is 42.6 Å². The molecule has 138 valence electrons. The molecule has 2 aromatic heterocycles. The van der Waals surface area contributed by atoms with Crippen LogP contribution >= 0.6 is 0 Å². The first kappa shape index (κ1) is 16.5. The van der Waals surface area contributed by atoms with Crippen molar-refractivity contribution in [3.63, 3.8) is 0 Å². The van der Waals surface area contributed by atoms with E-state index >= 15 is 0 Å². The van der Waals surface area contributed by atoms with Crippen LogP contribution in [0.1, 0.15) is 32.1 Å². The van der Waals surface area contributed by atoms with Gasteiger partial charge in [-0.2, -0.15) is 0 Å². The number of aromatic hydroxyl groups is 1. The van der Waals surface area contributed by atoms with Crippen LogP contribution in [0.15, 0.2) is 42.6 Å². The second-order valence-electron chi connectivity index (χ2n) is 8.12. The van der Waals surface area contributed by atoms with Crippen LogP contribution in [0.5, 0.6) is 5.75 Å². The van der Waals surface area contributed by atoms with E-state index < -0.39 is 0 Å². The van der Waals surface area contributed by atoms with Gasteiger partial charge in [0.1, 0.15) is 5.75 Å². The number of pyridine rings is 1. The topological polar surface area (TPSA) is 62.1 Å². The van der Waals surface area contributed by atoms with Crippen molar-refractivity contribution < 1.29 is 5.11 Å². The summed E-state index contributed by atoms with van der Waals surface area (Å²) in [4.78, 5) is 6.58. The van der Waals surface area contributed by atoms with E-state index in [-0.39, 0.29) is 5.75 Å². The molecular weight excluding hydrogens is 336 g/mol. The van der Waals surface area contributed by atoms with Gasteiger partial charge in [0.05, 0.1) is 11.2 Å². The molecular formula is C22H24N4O. The third-order valence-corrected chi connectivity index (χ3v) is 6.42. The van der Waals surface area contributed by atoms with Crippen molar-refractivity contribution in [1.29, 1.82) is 0 Å². The summed E-state index contributed by atoms with van der Waals surface area (Å²) in [6.45, 7) is 0. The zero-order valence-corrected chi connectivity index (χ0v) is 15.5. The Morgan fingerprint density at radius 3 is 2.56 bits per heavy atom. The van der Waals surface area contributed by atoms with Crippen LogP contribution in [-0.2, 0) is 0 Å². The van der Waals surface area contributed by atoms with Gasteiger partial charge in [0.25, 0.3) is 0 Å². The highest BCUT2D eigenvalue weighted by molar-refractivity contribution is 5.87. The van der Waals surface area contributed by atoms with Crippen LogP contribution in [0.2, 0.25) is 0 Å².